The first-order chi connectivity index (χ1) is 13.6. The highest BCUT2D eigenvalue weighted by Gasteiger charge is 2.65. The molecule has 0 aromatic heterocycles. The van der Waals surface area contributed by atoms with Gasteiger partial charge in [-0.15, -0.1) is 23.4 Å². The molecule has 11 heteroatoms. The van der Waals surface area contributed by atoms with E-state index in [1.165, 1.54) is 16.7 Å². The SMILES string of the molecule is CC1(CCl)S[C@@H]2C(NC(=O)Cc3ccccc3)C(=O)N2C1C(=O)OCC(Cl)(Cl)Cl. The molecule has 4 atom stereocenters. The number of carbonyl (C=O) groups excluding carboxylic acids is 3. The zero-order chi connectivity index (χ0) is 21.4. The second-order valence-corrected chi connectivity index (χ2v) is 11.5. The van der Waals surface area contributed by atoms with Crippen LogP contribution in [0.3, 0.4) is 0 Å². The molecule has 2 amide bonds. The summed E-state index contributed by atoms with van der Waals surface area (Å²) in [4.78, 5) is 39.1. The summed E-state index contributed by atoms with van der Waals surface area (Å²) in [6, 6.07) is 7.54. The summed E-state index contributed by atoms with van der Waals surface area (Å²) < 4.78 is 2.54. The maximum Gasteiger partial charge on any atom is 0.330 e. The molecule has 1 aromatic rings. The number of esters is 1. The highest BCUT2D eigenvalue weighted by Crippen LogP contribution is 2.52. The number of hydrogen-bond donors (Lipinski definition) is 1. The summed E-state index contributed by atoms with van der Waals surface area (Å²) in [7, 11) is 0. The van der Waals surface area contributed by atoms with Gasteiger partial charge in [-0.2, -0.15) is 0 Å². The molecule has 6 nitrogen and oxygen atoms in total. The molecule has 1 N–H and O–H groups in total. The van der Waals surface area contributed by atoms with Crippen LogP contribution in [0.2, 0.25) is 0 Å². The van der Waals surface area contributed by atoms with Crippen molar-refractivity contribution in [3.63, 3.8) is 0 Å². The molecule has 158 valence electrons. The fourth-order valence-corrected chi connectivity index (χ4v) is 5.47. The number of thioether (sulfide) groups is 1. The van der Waals surface area contributed by atoms with Crippen molar-refractivity contribution in [2.45, 2.75) is 39.3 Å². The van der Waals surface area contributed by atoms with E-state index in [2.05, 4.69) is 5.32 Å². The van der Waals surface area contributed by atoms with Gasteiger partial charge in [0.05, 0.1) is 11.2 Å². The zero-order valence-electron chi connectivity index (χ0n) is 15.2. The third-order valence-electron chi connectivity index (χ3n) is 4.72. The van der Waals surface area contributed by atoms with Gasteiger partial charge in [0.2, 0.25) is 15.6 Å². The molecule has 0 bridgehead atoms. The van der Waals surface area contributed by atoms with Crippen molar-refractivity contribution in [2.75, 3.05) is 12.5 Å². The highest BCUT2D eigenvalue weighted by atomic mass is 35.6. The van der Waals surface area contributed by atoms with Crippen molar-refractivity contribution in [3.8, 4) is 0 Å². The first-order valence-electron chi connectivity index (χ1n) is 8.68. The van der Waals surface area contributed by atoms with E-state index < -0.39 is 38.6 Å². The lowest BCUT2D eigenvalue weighted by molar-refractivity contribution is -0.164. The molecular formula is C18H18Cl4N2O4S. The quantitative estimate of drug-likeness (QED) is 0.370. The van der Waals surface area contributed by atoms with E-state index in [1.54, 1.807) is 6.92 Å². The first-order valence-corrected chi connectivity index (χ1v) is 11.2. The maximum atomic E-state index is 12.7. The van der Waals surface area contributed by atoms with Gasteiger partial charge in [0.15, 0.2) is 0 Å². The molecule has 0 aliphatic carbocycles. The summed E-state index contributed by atoms with van der Waals surface area (Å²) in [5, 5.41) is 2.33. The molecule has 2 saturated heterocycles. The number of fused-ring (bicyclic) bond motifs is 1. The molecule has 0 saturated carbocycles. The summed E-state index contributed by atoms with van der Waals surface area (Å²) in [5.74, 6) is -1.24. The number of β-lactam (4-membered cyclic amide) rings is 1. The van der Waals surface area contributed by atoms with Crippen LogP contribution in [0.4, 0.5) is 0 Å². The predicted molar refractivity (Wildman–Crippen MR) is 114 cm³/mol. The lowest BCUT2D eigenvalue weighted by Crippen LogP contribution is -2.71. The Bertz CT molecular complexity index is 807. The van der Waals surface area contributed by atoms with Gasteiger partial charge in [0, 0.05) is 5.88 Å². The van der Waals surface area contributed by atoms with Crippen LogP contribution in [0.15, 0.2) is 30.3 Å². The van der Waals surface area contributed by atoms with Crippen LogP contribution in [-0.4, -0.2) is 61.2 Å². The van der Waals surface area contributed by atoms with E-state index in [-0.39, 0.29) is 24.1 Å². The summed E-state index contributed by atoms with van der Waals surface area (Å²) in [6.45, 7) is 1.32. The van der Waals surface area contributed by atoms with Crippen LogP contribution < -0.4 is 5.32 Å². The third kappa shape index (κ3) is 4.90. The minimum Gasteiger partial charge on any atom is -0.460 e. The average Bonchev–Trinajstić information content (AvgIpc) is 2.95. The predicted octanol–water partition coefficient (Wildman–Crippen LogP) is 2.91. The molecule has 2 aliphatic rings. The van der Waals surface area contributed by atoms with Gasteiger partial charge in [-0.3, -0.25) is 9.59 Å². The number of alkyl halides is 4. The minimum atomic E-state index is -1.76. The van der Waals surface area contributed by atoms with E-state index in [0.29, 0.717) is 0 Å². The third-order valence-corrected chi connectivity index (χ3v) is 7.40. The topological polar surface area (TPSA) is 75.7 Å². The number of nitrogens with one attached hydrogen (secondary N) is 1. The molecule has 0 spiro atoms. The number of ether oxygens (including phenoxy) is 1. The van der Waals surface area contributed by atoms with E-state index in [0.717, 1.165) is 5.56 Å². The van der Waals surface area contributed by atoms with Crippen molar-refractivity contribution in [2.24, 2.45) is 0 Å². The average molecular weight is 500 g/mol. The second-order valence-electron chi connectivity index (χ2n) is 7.03. The molecule has 2 fully saturated rings. The number of rotatable bonds is 6. The van der Waals surface area contributed by atoms with E-state index in [4.69, 9.17) is 51.1 Å². The van der Waals surface area contributed by atoms with Gasteiger partial charge in [0.1, 0.15) is 24.1 Å². The monoisotopic (exact) mass is 498 g/mol. The van der Waals surface area contributed by atoms with Crippen LogP contribution in [0, 0.1) is 0 Å². The fourth-order valence-electron chi connectivity index (χ4n) is 3.36. The summed E-state index contributed by atoms with van der Waals surface area (Å²) in [5.41, 5.74) is 0.839. The Hall–Kier alpha value is -0.860. The van der Waals surface area contributed by atoms with Crippen molar-refractivity contribution >= 4 is 75.9 Å². The Labute approximate surface area is 192 Å². The smallest absolute Gasteiger partial charge is 0.330 e. The number of amides is 2. The zero-order valence-corrected chi connectivity index (χ0v) is 19.1. The standard InChI is InChI=1S/C18H18Cl4N2O4S/c1-17(8-19)13(16(27)28-9-18(20,21)22)24-14(26)12(15(24)29-17)23-11(25)7-10-5-3-2-4-6-10/h2-6,12-13,15H,7-9H2,1H3,(H,23,25)/t12?,13?,15-,17?/m1/s1. The Morgan fingerprint density at radius 3 is 2.52 bits per heavy atom. The van der Waals surface area contributed by atoms with Crippen molar-refractivity contribution in [1.29, 1.82) is 0 Å². The van der Waals surface area contributed by atoms with Crippen LogP contribution in [0.25, 0.3) is 0 Å². The molecular weight excluding hydrogens is 482 g/mol. The van der Waals surface area contributed by atoms with Crippen molar-refractivity contribution < 1.29 is 19.1 Å². The molecule has 2 heterocycles. The molecule has 0 radical (unpaired) electrons. The van der Waals surface area contributed by atoms with E-state index in [9.17, 15) is 14.4 Å². The lowest BCUT2D eigenvalue weighted by Gasteiger charge is -2.44. The van der Waals surface area contributed by atoms with E-state index >= 15 is 0 Å². The Kier molecular flexibility index (Phi) is 6.85. The lowest BCUT2D eigenvalue weighted by atomic mass is 9.95. The molecule has 29 heavy (non-hydrogen) atoms. The van der Waals surface area contributed by atoms with Gasteiger partial charge in [0.25, 0.3) is 0 Å². The Morgan fingerprint density at radius 2 is 1.93 bits per heavy atom. The van der Waals surface area contributed by atoms with Crippen LogP contribution in [-0.2, 0) is 25.5 Å². The number of hydrogen-bond acceptors (Lipinski definition) is 5. The maximum absolute atomic E-state index is 12.7. The largest absolute Gasteiger partial charge is 0.460 e. The Balaban J connectivity index is 1.68. The van der Waals surface area contributed by atoms with Gasteiger partial charge >= 0.3 is 5.97 Å². The molecule has 2 aliphatic heterocycles. The molecule has 3 rings (SSSR count). The fraction of sp³-hybridized carbons (Fsp3) is 0.500. The normalized spacial score (nSPS) is 28.5. The van der Waals surface area contributed by atoms with Crippen LogP contribution >= 0.6 is 58.2 Å². The van der Waals surface area contributed by atoms with Gasteiger partial charge in [-0.25, -0.2) is 4.79 Å². The molecule has 1 aromatic carbocycles. The number of benzene rings is 1. The van der Waals surface area contributed by atoms with Gasteiger partial charge < -0.3 is 15.0 Å². The van der Waals surface area contributed by atoms with Gasteiger partial charge in [-0.1, -0.05) is 65.1 Å². The summed E-state index contributed by atoms with van der Waals surface area (Å²) in [6.07, 6.45) is 0.156. The van der Waals surface area contributed by atoms with E-state index in [1.807, 2.05) is 30.3 Å². The van der Waals surface area contributed by atoms with Gasteiger partial charge in [-0.05, 0) is 12.5 Å². The number of carbonyl (C=O) groups is 3. The second kappa shape index (κ2) is 8.71. The highest BCUT2D eigenvalue weighted by molar-refractivity contribution is 8.01. The van der Waals surface area contributed by atoms with Crippen molar-refractivity contribution in [1.82, 2.24) is 10.2 Å². The number of nitrogens with zero attached hydrogens (tertiary/aromatic N) is 1. The van der Waals surface area contributed by atoms with Crippen LogP contribution in [0.5, 0.6) is 0 Å². The van der Waals surface area contributed by atoms with Crippen LogP contribution in [0.1, 0.15) is 12.5 Å². The Morgan fingerprint density at radius 1 is 1.28 bits per heavy atom. The van der Waals surface area contributed by atoms with Crippen molar-refractivity contribution in [3.05, 3.63) is 35.9 Å². The number of halogens is 4. The summed E-state index contributed by atoms with van der Waals surface area (Å²) >= 11 is 24.4. The minimum absolute atomic E-state index is 0.0934. The molecule has 3 unspecified atom stereocenters. The first kappa shape index (κ1) is 22.8.